The van der Waals surface area contributed by atoms with Gasteiger partial charge in [-0.05, 0) is 81.4 Å². The zero-order valence-corrected chi connectivity index (χ0v) is 29.0. The van der Waals surface area contributed by atoms with Gasteiger partial charge >= 0.3 is 6.09 Å². The first kappa shape index (κ1) is 22.2. The third-order valence-electron chi connectivity index (χ3n) is 5.64. The van der Waals surface area contributed by atoms with Crippen molar-refractivity contribution in [2.45, 2.75) is 33.8 Å². The van der Waals surface area contributed by atoms with Crippen LogP contribution in [0.4, 0.5) is 16.2 Å². The van der Waals surface area contributed by atoms with Gasteiger partial charge in [0, 0.05) is 53.5 Å². The molecule has 0 fully saturated rings. The van der Waals surface area contributed by atoms with E-state index < -0.39 is 11.7 Å². The number of pyridine rings is 2. The number of benzene rings is 2. The minimum atomic E-state index is -0.548. The summed E-state index contributed by atoms with van der Waals surface area (Å²) in [6.07, 6.45) is 3.06. The molecule has 0 aliphatic heterocycles. The highest BCUT2D eigenvalue weighted by Gasteiger charge is 2.16. The molecule has 3 heterocycles. The third-order valence-corrected chi connectivity index (χ3v) is 6.63. The van der Waals surface area contributed by atoms with Crippen molar-refractivity contribution in [1.82, 2.24) is 25.1 Å². The Morgan fingerprint density at radius 3 is 2.24 bits per heavy atom. The lowest BCUT2D eigenvalue weighted by Crippen LogP contribution is -2.27. The van der Waals surface area contributed by atoms with Crippen LogP contribution in [-0.2, 0) is 4.74 Å². The number of hydrogen-bond donors (Lipinski definition) is 7. The first-order valence-corrected chi connectivity index (χ1v) is 15.3. The molecule has 0 radical (unpaired) electrons. The summed E-state index contributed by atoms with van der Waals surface area (Å²) in [6.45, 7) is 5.35. The number of phenolic OH excluding ortho intramolecular Hbond substituents is 2. The van der Waals surface area contributed by atoms with E-state index in [1.165, 1.54) is 12.3 Å². The fraction of sp³-hybridized carbons (Fsp3) is 0.156. The summed E-state index contributed by atoms with van der Waals surface area (Å²) in [4.78, 5) is 34.2. The number of nitrogens with zero attached hydrogens (tertiary/aromatic N) is 5. The summed E-state index contributed by atoms with van der Waals surface area (Å²) in [5.74, 6) is 6.19. The second-order valence-electron chi connectivity index (χ2n) is 10.5. The highest BCUT2D eigenvalue weighted by Crippen LogP contribution is 2.30. The van der Waals surface area contributed by atoms with Crippen molar-refractivity contribution in [3.8, 4) is 34.4 Å². The number of H-pyrrole nitrogens is 1. The minimum Gasteiger partial charge on any atom is -0.507 e. The van der Waals surface area contributed by atoms with E-state index in [2.05, 4.69) is 67.4 Å². The van der Waals surface area contributed by atoms with Gasteiger partial charge in [-0.3, -0.25) is 25.2 Å². The van der Waals surface area contributed by atoms with Crippen LogP contribution < -0.4 is 22.6 Å². The first-order chi connectivity index (χ1) is 37.7. The summed E-state index contributed by atoms with van der Waals surface area (Å²) in [5.41, 5.74) is 13.5. The summed E-state index contributed by atoms with van der Waals surface area (Å²) in [7, 11) is 0. The molecule has 0 bridgehead atoms. The van der Waals surface area contributed by atoms with Crippen LogP contribution in [-0.4, -0.2) is 59.2 Å². The minimum absolute atomic E-state index is 0. The topological polar surface area (TPSA) is 254 Å². The van der Waals surface area contributed by atoms with Gasteiger partial charge in [0.2, 0.25) is 0 Å². The van der Waals surface area contributed by atoms with Crippen LogP contribution in [0.5, 0.6) is 11.5 Å². The number of anilines is 2. The second kappa shape index (κ2) is 18.1. The highest BCUT2D eigenvalue weighted by molar-refractivity contribution is 9.10. The summed E-state index contributed by atoms with van der Waals surface area (Å²) in [5, 5.41) is 31.6. The van der Waals surface area contributed by atoms with E-state index in [0.717, 1.165) is 8.95 Å². The van der Waals surface area contributed by atoms with Gasteiger partial charge in [0.1, 0.15) is 28.5 Å². The van der Waals surface area contributed by atoms with Crippen molar-refractivity contribution in [3.63, 3.8) is 0 Å². The van der Waals surface area contributed by atoms with Crippen LogP contribution in [0.1, 0.15) is 88.8 Å². The van der Waals surface area contributed by atoms with Crippen LogP contribution in [0.25, 0.3) is 22.9 Å². The molecule has 0 spiro atoms. The molecule has 0 atom stereocenters. The average Bonchev–Trinajstić information content (AvgIpc) is 4.02. The van der Waals surface area contributed by atoms with Gasteiger partial charge in [0.05, 0.1) is 34.9 Å². The molecule has 3 aromatic heterocycles. The number of nitrogens with two attached hydrogens (primary N) is 3. The predicted molar refractivity (Wildman–Crippen MR) is 227 cm³/mol. The number of aldehydes is 1. The van der Waals surface area contributed by atoms with Gasteiger partial charge in [0.15, 0.2) is 23.8 Å². The van der Waals surface area contributed by atoms with Crippen molar-refractivity contribution < 1.29 is 69.1 Å². The number of amides is 1. The molecule has 2 aromatic carbocycles. The lowest BCUT2D eigenvalue weighted by molar-refractivity contribution is 0.0635. The Bertz CT molecular complexity index is 1950. The van der Waals surface area contributed by atoms with Crippen LogP contribution in [0.15, 0.2) is 87.1 Å². The molecule has 0 unspecified atom stereocenters. The van der Waals surface area contributed by atoms with Crippen molar-refractivity contribution in [2.24, 2.45) is 16.7 Å². The number of halogens is 2. The molecule has 0 saturated heterocycles. The average molecular weight is 891 g/mol. The normalized spacial score (nSPS) is 13.1. The smallest absolute Gasteiger partial charge is 0.412 e. The lowest BCUT2D eigenvalue weighted by atomic mass is 10.2. The number of hydrazone groups is 1. The molecular formula is C32H66Br2N10O5. The molecule has 0 aliphatic carbocycles. The number of rotatable bonds is 5. The number of hydrogen-bond acceptors (Lipinski definition) is 12. The fourth-order valence-electron chi connectivity index (χ4n) is 3.46. The number of amidine groups is 1. The second-order valence-corrected chi connectivity index (χ2v) is 12.4. The molecule has 0 saturated carbocycles. The largest absolute Gasteiger partial charge is 0.507 e. The van der Waals surface area contributed by atoms with Gasteiger partial charge in [-0.2, -0.15) is 10.2 Å². The third kappa shape index (κ3) is 12.5. The van der Waals surface area contributed by atoms with Crippen molar-refractivity contribution in [3.05, 3.63) is 93.3 Å². The van der Waals surface area contributed by atoms with Crippen LogP contribution in [0, 0.1) is 0 Å². The van der Waals surface area contributed by atoms with Gasteiger partial charge in [-0.15, -0.1) is 0 Å². The number of ether oxygens (including phenoxy) is 1. The van der Waals surface area contributed by atoms with Gasteiger partial charge in [0.25, 0.3) is 0 Å². The molecule has 1 amide bonds. The van der Waals surface area contributed by atoms with Gasteiger partial charge < -0.3 is 32.3 Å². The molecular weight excluding hydrogens is 764 g/mol. The number of aromatic nitrogens is 5. The maximum absolute atomic E-state index is 11.5. The number of aromatic hydroxyl groups is 2. The first-order valence-electron chi connectivity index (χ1n) is 28.8. The highest BCUT2D eigenvalue weighted by atomic mass is 79.9. The van der Waals surface area contributed by atoms with E-state index in [-0.39, 0.29) is 24.8 Å². The monoisotopic (exact) mass is 889 g/mol. The maximum Gasteiger partial charge on any atom is 0.412 e. The Hall–Kier alpha value is -5.55. The van der Waals surface area contributed by atoms with E-state index in [1.54, 1.807) is 81.6 Å². The number of carbonyl (C=O) groups is 2. The Balaban J connectivity index is -0.0000000546. The Labute approximate surface area is 345 Å². The SMILES string of the molecule is C.CC(C)(C)OC(=O)Nc1ccc(/C(N)=N/N)nc1.Nc1ccc(-c2nc(-c3cc(Br)ccc3O)n[nH]2)nc1.O=Cc1cc(Br)ccc1O.[3H][3H].[3H][3H].[3H][3H].[3H][3H].[3H][3H].[3H][3H].[3H][3H].[3H][3H].[3H][3H].[3H][3H].[3H][3H].[3H][3H].[3H][3H].[3H][3H].[3H][3H]. The Morgan fingerprint density at radius 1 is 1.02 bits per heavy atom. The lowest BCUT2D eigenvalue weighted by Gasteiger charge is -2.19. The van der Waals surface area contributed by atoms with Crippen molar-refractivity contribution in [1.29, 1.82) is 0 Å². The fourth-order valence-corrected chi connectivity index (χ4v) is 4.20. The van der Waals surface area contributed by atoms with Crippen LogP contribution in [0.3, 0.4) is 0 Å². The Kier molecular flexibility index (Phi) is 8.19. The van der Waals surface area contributed by atoms with Gasteiger partial charge in [-0.1, -0.05) is 39.3 Å². The quantitative estimate of drug-likeness (QED) is 0.0286. The van der Waals surface area contributed by atoms with Crippen molar-refractivity contribution >= 4 is 61.4 Å². The number of nitrogens with one attached hydrogen (secondary N) is 2. The molecule has 5 aromatic rings. The summed E-state index contributed by atoms with van der Waals surface area (Å²) >= 11 is 6.52. The number of phenols is 2. The summed E-state index contributed by atoms with van der Waals surface area (Å²) < 4.78 is 157. The molecule has 288 valence electrons. The van der Waals surface area contributed by atoms with E-state index in [4.69, 9.17) is 71.7 Å². The number of carbonyl (C=O) groups excluding carboxylic acids is 2. The van der Waals surface area contributed by atoms with E-state index in [0.29, 0.717) is 51.8 Å². The van der Waals surface area contributed by atoms with Gasteiger partial charge in [-0.25, -0.2) is 9.78 Å². The molecule has 0 aliphatic rings. The summed E-state index contributed by atoms with van der Waals surface area (Å²) in [6, 6.07) is 16.5. The van der Waals surface area contributed by atoms with E-state index in [9.17, 15) is 14.7 Å². The van der Waals surface area contributed by atoms with Crippen molar-refractivity contribution in [2.75, 3.05) is 11.1 Å². The molecule has 17 heteroatoms. The molecule has 15 nitrogen and oxygen atoms in total. The number of aromatic amines is 1. The standard InChI is InChI=1S/C13H10BrN5O.C11H17N5O2.C7H5BrO2.CH4.15H2/c14-7-1-4-11(20)9(5-7)12-17-13(19-18-12)10-3-2-8(15)6-16-10;1-11(2,3)18-10(17)15-7-4-5-8(14-6-7)9(12)16-13;8-6-1-2-7(10)5(3-6)4-9;;;;;;;;;;;;;;;;/h1-6,20H,15H2,(H,17,18,19);4-6H,13H2,1-3H3,(H2,12,16)(H,15,17);1-4,10H;1H4;15*1H/i;;;;15*1+2T. The van der Waals surface area contributed by atoms with Crippen LogP contribution >= 0.6 is 31.9 Å². The van der Waals surface area contributed by atoms with E-state index >= 15 is 0 Å². The Morgan fingerprint density at radius 2 is 1.69 bits per heavy atom. The zero-order chi connectivity index (χ0) is 65.4. The zero-order valence-electron chi connectivity index (χ0n) is 55.8. The predicted octanol–water partition coefficient (Wildman–Crippen LogP) is 9.88. The molecule has 49 heavy (non-hydrogen) atoms. The molecule has 10 N–H and O–H groups in total. The number of nitrogen functional groups attached to an aromatic ring is 1. The maximum atomic E-state index is 11.5. The van der Waals surface area contributed by atoms with E-state index in [1.807, 2.05) is 0 Å². The molecule has 5 rings (SSSR count). The van der Waals surface area contributed by atoms with Crippen LogP contribution in [0.2, 0.25) is 0 Å².